The van der Waals surface area contributed by atoms with E-state index in [4.69, 9.17) is 14.3 Å². The maximum Gasteiger partial charge on any atom is 0.368 e. The molecule has 0 aliphatic heterocycles. The fourth-order valence-corrected chi connectivity index (χ4v) is 2.98. The molecule has 1 aromatic carbocycles. The fourth-order valence-electron chi connectivity index (χ4n) is 2.98. The molecule has 1 aliphatic rings. The van der Waals surface area contributed by atoms with E-state index in [1.165, 1.54) is 16.5 Å². The second-order valence-corrected chi connectivity index (χ2v) is 6.33. The zero-order chi connectivity index (χ0) is 20.1. The summed E-state index contributed by atoms with van der Waals surface area (Å²) >= 11 is 0. The van der Waals surface area contributed by atoms with E-state index in [0.29, 0.717) is 11.4 Å². The number of benzene rings is 1. The molecule has 1 aromatic heterocycles. The smallest absolute Gasteiger partial charge is 0.368 e. The van der Waals surface area contributed by atoms with Gasteiger partial charge in [-0.1, -0.05) is 36.4 Å². The summed E-state index contributed by atoms with van der Waals surface area (Å²) in [7, 11) is 4.63. The Balaban J connectivity index is 1.83. The van der Waals surface area contributed by atoms with E-state index in [1.54, 1.807) is 32.5 Å². The lowest BCUT2D eigenvalue weighted by Crippen LogP contribution is -2.24. The van der Waals surface area contributed by atoms with Crippen LogP contribution in [0.1, 0.15) is 12.5 Å². The van der Waals surface area contributed by atoms with E-state index >= 15 is 0 Å². The number of nitrogens with zero attached hydrogens (tertiary/aromatic N) is 5. The Kier molecular flexibility index (Phi) is 6.05. The number of tetrazole rings is 1. The average molecular weight is 385 g/mol. The molecule has 2 atom stereocenters. The Bertz CT molecular complexity index is 973. The Morgan fingerprint density at radius 3 is 2.75 bits per heavy atom. The number of aryl methyl sites for hydroxylation is 1. The molecule has 1 heterocycles. The van der Waals surface area contributed by atoms with Gasteiger partial charge in [-0.3, -0.25) is 0 Å². The van der Waals surface area contributed by atoms with Gasteiger partial charge < -0.3 is 14.3 Å². The summed E-state index contributed by atoms with van der Waals surface area (Å²) in [5.41, 5.74) is 1.92. The number of hydrogen-bond acceptors (Lipinski definition) is 7. The van der Waals surface area contributed by atoms with Crippen molar-refractivity contribution in [2.24, 2.45) is 18.1 Å². The van der Waals surface area contributed by atoms with Crippen LogP contribution in [-0.2, 0) is 23.2 Å². The van der Waals surface area contributed by atoms with Crippen LogP contribution >= 0.6 is 0 Å². The highest BCUT2D eigenvalue weighted by atomic mass is 16.6. The first-order chi connectivity index (χ1) is 13.5. The van der Waals surface area contributed by atoms with E-state index in [0.717, 1.165) is 11.1 Å². The first-order valence-corrected chi connectivity index (χ1v) is 8.78. The van der Waals surface area contributed by atoms with Crippen LogP contribution in [-0.4, -0.2) is 46.3 Å². The van der Waals surface area contributed by atoms with Crippen molar-refractivity contribution in [1.82, 2.24) is 19.8 Å². The molecule has 2 unspecified atom stereocenters. The van der Waals surface area contributed by atoms with Crippen LogP contribution in [0.15, 0.2) is 52.0 Å². The molecule has 0 saturated carbocycles. The van der Waals surface area contributed by atoms with Crippen LogP contribution in [0.25, 0.3) is 5.69 Å². The quantitative estimate of drug-likeness (QED) is 0.531. The van der Waals surface area contributed by atoms with Crippen LogP contribution in [0.4, 0.5) is 0 Å². The molecule has 0 saturated heterocycles. The largest absolute Gasteiger partial charge is 0.496 e. The van der Waals surface area contributed by atoms with Gasteiger partial charge in [0.2, 0.25) is 0 Å². The monoisotopic (exact) mass is 385 g/mol. The van der Waals surface area contributed by atoms with Crippen LogP contribution in [0.3, 0.4) is 0 Å². The van der Waals surface area contributed by atoms with Crippen molar-refractivity contribution in [3.63, 3.8) is 0 Å². The third kappa shape index (κ3) is 4.04. The van der Waals surface area contributed by atoms with Crippen molar-refractivity contribution in [2.45, 2.75) is 19.6 Å². The van der Waals surface area contributed by atoms with Crippen LogP contribution in [0.5, 0.6) is 5.75 Å². The minimum Gasteiger partial charge on any atom is -0.496 e. The molecule has 9 heteroatoms. The van der Waals surface area contributed by atoms with Gasteiger partial charge in [0.15, 0.2) is 0 Å². The number of ether oxygens (including phenoxy) is 2. The molecule has 0 fully saturated rings. The van der Waals surface area contributed by atoms with Crippen LogP contribution in [0.2, 0.25) is 0 Å². The van der Waals surface area contributed by atoms with E-state index in [2.05, 4.69) is 28.6 Å². The number of hydrogen-bond donors (Lipinski definition) is 0. The van der Waals surface area contributed by atoms with Crippen LogP contribution in [0, 0.1) is 5.92 Å². The molecular weight excluding hydrogens is 362 g/mol. The summed E-state index contributed by atoms with van der Waals surface area (Å²) < 4.78 is 14.0. The lowest BCUT2D eigenvalue weighted by atomic mass is 9.95. The van der Waals surface area contributed by atoms with Gasteiger partial charge in [-0.25, -0.2) is 4.79 Å². The predicted octanol–water partition coefficient (Wildman–Crippen LogP) is 1.62. The number of rotatable bonds is 7. The van der Waals surface area contributed by atoms with Gasteiger partial charge >= 0.3 is 5.69 Å². The summed E-state index contributed by atoms with van der Waals surface area (Å²) in [6, 6.07) is 5.41. The Hall–Kier alpha value is -3.20. The molecule has 2 aromatic rings. The maximum atomic E-state index is 12.3. The van der Waals surface area contributed by atoms with Crippen molar-refractivity contribution in [2.75, 3.05) is 14.2 Å². The first kappa shape index (κ1) is 19.6. The second-order valence-electron chi connectivity index (χ2n) is 6.33. The second kappa shape index (κ2) is 8.66. The lowest BCUT2D eigenvalue weighted by molar-refractivity contribution is 0.0479. The summed E-state index contributed by atoms with van der Waals surface area (Å²) in [5.74, 6) is 0.756. The molecule has 1 aliphatic carbocycles. The Morgan fingerprint density at radius 1 is 1.29 bits per heavy atom. The fraction of sp³-hybridized carbons (Fsp3) is 0.368. The summed E-state index contributed by atoms with van der Waals surface area (Å²) in [6.07, 6.45) is 7.50. The topological polar surface area (TPSA) is 92.8 Å². The highest BCUT2D eigenvalue weighted by molar-refractivity contribution is 5.82. The third-order valence-corrected chi connectivity index (χ3v) is 4.46. The predicted molar refractivity (Wildman–Crippen MR) is 104 cm³/mol. The van der Waals surface area contributed by atoms with Crippen molar-refractivity contribution >= 4 is 6.21 Å². The normalized spacial score (nSPS) is 19.1. The Morgan fingerprint density at radius 2 is 2.11 bits per heavy atom. The number of allylic oxidation sites excluding steroid dienone is 2. The molecule has 3 rings (SSSR count). The molecular formula is C19H23N5O4. The number of oxime groups is 1. The highest BCUT2D eigenvalue weighted by Gasteiger charge is 2.20. The van der Waals surface area contributed by atoms with Crippen molar-refractivity contribution in [1.29, 1.82) is 0 Å². The van der Waals surface area contributed by atoms with E-state index in [1.807, 2.05) is 18.2 Å². The summed E-state index contributed by atoms with van der Waals surface area (Å²) in [5, 5.41) is 11.5. The minimum absolute atomic E-state index is 0.129. The minimum atomic E-state index is -0.342. The van der Waals surface area contributed by atoms with Crippen molar-refractivity contribution in [3.8, 4) is 11.4 Å². The molecule has 28 heavy (non-hydrogen) atoms. The zero-order valence-corrected chi connectivity index (χ0v) is 16.3. The van der Waals surface area contributed by atoms with Gasteiger partial charge in [-0.05, 0) is 28.1 Å². The maximum absolute atomic E-state index is 12.3. The highest BCUT2D eigenvalue weighted by Crippen LogP contribution is 2.27. The van der Waals surface area contributed by atoms with Gasteiger partial charge in [-0.2, -0.15) is 9.36 Å². The van der Waals surface area contributed by atoms with Gasteiger partial charge in [0.05, 0.1) is 31.7 Å². The van der Waals surface area contributed by atoms with Gasteiger partial charge in [-0.15, -0.1) is 0 Å². The molecule has 0 bridgehead atoms. The molecule has 9 nitrogen and oxygen atoms in total. The van der Waals surface area contributed by atoms with Crippen LogP contribution < -0.4 is 10.4 Å². The van der Waals surface area contributed by atoms with Gasteiger partial charge in [0.1, 0.15) is 12.9 Å². The van der Waals surface area contributed by atoms with Crippen molar-refractivity contribution in [3.05, 3.63) is 58.0 Å². The molecule has 0 radical (unpaired) electrons. The SMILES string of the molecule is CON=CC1=CC(C)C(OCc2c(OC)cccc2-n2nnn(C)c2=O)C=C1. The third-order valence-electron chi connectivity index (χ3n) is 4.46. The van der Waals surface area contributed by atoms with E-state index < -0.39 is 0 Å². The lowest BCUT2D eigenvalue weighted by Gasteiger charge is -2.23. The molecule has 0 amide bonds. The van der Waals surface area contributed by atoms with Crippen molar-refractivity contribution < 1.29 is 14.3 Å². The Labute approximate surface area is 162 Å². The first-order valence-electron chi connectivity index (χ1n) is 8.78. The standard InChI is InChI=1S/C19H23N5O4/c1-13-10-14(11-20-27-4)8-9-17(13)28-12-15-16(6-5-7-18(15)26-3)24-19(25)23(2)21-22-24/h5-11,13,17H,12H2,1-4H3. The zero-order valence-electron chi connectivity index (χ0n) is 16.3. The average Bonchev–Trinajstić information content (AvgIpc) is 3.04. The summed E-state index contributed by atoms with van der Waals surface area (Å²) in [6.45, 7) is 2.31. The molecule has 0 N–H and O–H groups in total. The van der Waals surface area contributed by atoms with Gasteiger partial charge in [0, 0.05) is 18.5 Å². The summed E-state index contributed by atoms with van der Waals surface area (Å²) in [4.78, 5) is 17.0. The number of methoxy groups -OCH3 is 1. The van der Waals surface area contributed by atoms with Gasteiger partial charge in [0.25, 0.3) is 0 Å². The molecule has 0 spiro atoms. The molecule has 148 valence electrons. The van der Waals surface area contributed by atoms with E-state index in [9.17, 15) is 4.79 Å². The van der Waals surface area contributed by atoms with E-state index in [-0.39, 0.29) is 24.3 Å². The number of aromatic nitrogens is 4.